The highest BCUT2D eigenvalue weighted by Gasteiger charge is 2.20. The molecule has 8 nitrogen and oxygen atoms in total. The van der Waals surface area contributed by atoms with Gasteiger partial charge in [-0.2, -0.15) is 5.10 Å². The fraction of sp³-hybridized carbons (Fsp3) is 0.182. The first-order valence-corrected chi connectivity index (χ1v) is 5.31. The number of carboxylic acids is 1. The van der Waals surface area contributed by atoms with Crippen LogP contribution in [0, 0.1) is 24.0 Å². The SMILES string of the molecule is Cc1cnc(-n2cc(C(=O)O)c(C)n2)c([N+](=O)[O-])c1. The third-order valence-corrected chi connectivity index (χ3v) is 2.53. The Morgan fingerprint density at radius 3 is 2.68 bits per heavy atom. The van der Waals surface area contributed by atoms with E-state index in [1.807, 2.05) is 0 Å². The Hall–Kier alpha value is -2.77. The molecular weight excluding hydrogens is 252 g/mol. The van der Waals surface area contributed by atoms with Gasteiger partial charge in [0.1, 0.15) is 5.56 Å². The molecule has 0 atom stereocenters. The molecule has 19 heavy (non-hydrogen) atoms. The largest absolute Gasteiger partial charge is 0.478 e. The van der Waals surface area contributed by atoms with Gasteiger partial charge in [0, 0.05) is 18.5 Å². The average Bonchev–Trinajstić information content (AvgIpc) is 2.71. The van der Waals surface area contributed by atoms with Crippen molar-refractivity contribution in [2.75, 3.05) is 0 Å². The van der Waals surface area contributed by atoms with Crippen LogP contribution in [0.3, 0.4) is 0 Å². The van der Waals surface area contributed by atoms with Gasteiger partial charge < -0.3 is 5.11 Å². The Bertz CT molecular complexity index is 677. The van der Waals surface area contributed by atoms with Crippen molar-refractivity contribution in [2.45, 2.75) is 13.8 Å². The molecule has 8 heteroatoms. The van der Waals surface area contributed by atoms with Crippen molar-refractivity contribution < 1.29 is 14.8 Å². The molecule has 2 aromatic heterocycles. The third-order valence-electron chi connectivity index (χ3n) is 2.53. The molecule has 98 valence electrons. The highest BCUT2D eigenvalue weighted by molar-refractivity contribution is 5.88. The van der Waals surface area contributed by atoms with Gasteiger partial charge in [-0.05, 0) is 19.4 Å². The molecule has 0 spiro atoms. The van der Waals surface area contributed by atoms with Gasteiger partial charge in [0.05, 0.1) is 10.6 Å². The molecule has 0 aliphatic carbocycles. The molecule has 1 N–H and O–H groups in total. The topological polar surface area (TPSA) is 111 Å². The molecular formula is C11H10N4O4. The third kappa shape index (κ3) is 2.28. The van der Waals surface area contributed by atoms with Crippen LogP contribution >= 0.6 is 0 Å². The van der Waals surface area contributed by atoms with E-state index >= 15 is 0 Å². The lowest BCUT2D eigenvalue weighted by Crippen LogP contribution is -2.04. The summed E-state index contributed by atoms with van der Waals surface area (Å²) in [6, 6.07) is 1.36. The monoisotopic (exact) mass is 262 g/mol. The molecule has 0 bridgehead atoms. The first kappa shape index (κ1) is 12.7. The van der Waals surface area contributed by atoms with Gasteiger partial charge in [0.2, 0.25) is 5.82 Å². The predicted octanol–water partition coefficient (Wildman–Crippen LogP) is 1.49. The number of nitrogens with zero attached hydrogens (tertiary/aromatic N) is 4. The van der Waals surface area contributed by atoms with E-state index in [-0.39, 0.29) is 22.8 Å². The zero-order valence-corrected chi connectivity index (χ0v) is 10.2. The zero-order chi connectivity index (χ0) is 14.2. The van der Waals surface area contributed by atoms with Crippen LogP contribution in [0.15, 0.2) is 18.5 Å². The minimum Gasteiger partial charge on any atom is -0.478 e. The summed E-state index contributed by atoms with van der Waals surface area (Å²) in [5.74, 6) is -1.15. The van der Waals surface area contributed by atoms with E-state index in [0.717, 1.165) is 4.68 Å². The maximum absolute atomic E-state index is 11.0. The maximum Gasteiger partial charge on any atom is 0.339 e. The quantitative estimate of drug-likeness (QED) is 0.662. The molecule has 2 heterocycles. The standard InChI is InChI=1S/C11H10N4O4/c1-6-3-9(15(18)19)10(12-4-6)14-5-8(11(16)17)7(2)13-14/h3-5H,1-2H3,(H,16,17). The molecule has 0 saturated heterocycles. The number of pyridine rings is 1. The molecule has 0 unspecified atom stereocenters. The summed E-state index contributed by atoms with van der Waals surface area (Å²) in [7, 11) is 0. The summed E-state index contributed by atoms with van der Waals surface area (Å²) in [4.78, 5) is 25.3. The van der Waals surface area contributed by atoms with Gasteiger partial charge >= 0.3 is 11.7 Å². The Balaban J connectivity index is 2.62. The summed E-state index contributed by atoms with van der Waals surface area (Å²) in [6.45, 7) is 3.20. The number of carbonyl (C=O) groups is 1. The van der Waals surface area contributed by atoms with E-state index in [2.05, 4.69) is 10.1 Å². The van der Waals surface area contributed by atoms with Gasteiger partial charge in [-0.15, -0.1) is 0 Å². The minimum absolute atomic E-state index is 0.00815. The Morgan fingerprint density at radius 2 is 2.16 bits per heavy atom. The summed E-state index contributed by atoms with van der Waals surface area (Å²) in [6.07, 6.45) is 2.67. The molecule has 0 aliphatic heterocycles. The number of aromatic nitrogens is 3. The van der Waals surface area contributed by atoms with Crippen LogP contribution in [-0.2, 0) is 0 Å². The van der Waals surface area contributed by atoms with E-state index in [1.54, 1.807) is 6.92 Å². The van der Waals surface area contributed by atoms with Crippen molar-refractivity contribution in [3.05, 3.63) is 45.4 Å². The second-order valence-electron chi connectivity index (χ2n) is 3.99. The molecule has 0 fully saturated rings. The van der Waals surface area contributed by atoms with E-state index in [4.69, 9.17) is 5.11 Å². The molecule has 2 aromatic rings. The average molecular weight is 262 g/mol. The molecule has 0 amide bonds. The number of nitro groups is 1. The van der Waals surface area contributed by atoms with Crippen LogP contribution in [0.2, 0.25) is 0 Å². The van der Waals surface area contributed by atoms with Crippen molar-refractivity contribution in [3.63, 3.8) is 0 Å². The van der Waals surface area contributed by atoms with E-state index in [9.17, 15) is 14.9 Å². The zero-order valence-electron chi connectivity index (χ0n) is 10.2. The second-order valence-corrected chi connectivity index (χ2v) is 3.99. The van der Waals surface area contributed by atoms with Crippen LogP contribution in [-0.4, -0.2) is 30.8 Å². The van der Waals surface area contributed by atoms with E-state index in [1.165, 1.54) is 25.4 Å². The smallest absolute Gasteiger partial charge is 0.339 e. The normalized spacial score (nSPS) is 10.4. The molecule has 0 aliphatic rings. The Kier molecular flexibility index (Phi) is 2.99. The minimum atomic E-state index is -1.14. The fourth-order valence-electron chi connectivity index (χ4n) is 1.64. The Labute approximate surface area is 107 Å². The summed E-state index contributed by atoms with van der Waals surface area (Å²) in [5, 5.41) is 23.9. The van der Waals surface area contributed by atoms with Crippen molar-refractivity contribution in [1.29, 1.82) is 0 Å². The molecule has 0 radical (unpaired) electrons. The van der Waals surface area contributed by atoms with Crippen molar-refractivity contribution in [2.24, 2.45) is 0 Å². The highest BCUT2D eigenvalue weighted by Crippen LogP contribution is 2.22. The van der Waals surface area contributed by atoms with Crippen LogP contribution in [0.1, 0.15) is 21.6 Å². The lowest BCUT2D eigenvalue weighted by atomic mass is 10.2. The summed E-state index contributed by atoms with van der Waals surface area (Å²) >= 11 is 0. The summed E-state index contributed by atoms with van der Waals surface area (Å²) < 4.78 is 1.11. The number of aryl methyl sites for hydroxylation is 2. The lowest BCUT2D eigenvalue weighted by molar-refractivity contribution is -0.385. The number of hydrogen-bond donors (Lipinski definition) is 1. The van der Waals surface area contributed by atoms with E-state index in [0.29, 0.717) is 5.56 Å². The Morgan fingerprint density at radius 1 is 1.47 bits per heavy atom. The van der Waals surface area contributed by atoms with Gasteiger partial charge in [-0.3, -0.25) is 10.1 Å². The number of carboxylic acid groups (broad SMARTS) is 1. The van der Waals surface area contributed by atoms with Gasteiger partial charge in [0.15, 0.2) is 0 Å². The van der Waals surface area contributed by atoms with Crippen LogP contribution in [0.5, 0.6) is 0 Å². The first-order valence-electron chi connectivity index (χ1n) is 5.31. The molecule has 0 saturated carbocycles. The van der Waals surface area contributed by atoms with E-state index < -0.39 is 10.9 Å². The van der Waals surface area contributed by atoms with Crippen molar-refractivity contribution >= 4 is 11.7 Å². The van der Waals surface area contributed by atoms with Gasteiger partial charge in [-0.1, -0.05) is 0 Å². The van der Waals surface area contributed by atoms with Gasteiger partial charge in [0.25, 0.3) is 0 Å². The van der Waals surface area contributed by atoms with Crippen LogP contribution < -0.4 is 0 Å². The van der Waals surface area contributed by atoms with Crippen molar-refractivity contribution in [3.8, 4) is 5.82 Å². The second kappa shape index (κ2) is 4.48. The van der Waals surface area contributed by atoms with Crippen LogP contribution in [0.25, 0.3) is 5.82 Å². The molecule has 0 aromatic carbocycles. The number of aromatic carboxylic acids is 1. The van der Waals surface area contributed by atoms with Crippen LogP contribution in [0.4, 0.5) is 5.69 Å². The first-order chi connectivity index (χ1) is 8.90. The number of hydrogen-bond acceptors (Lipinski definition) is 5. The molecule has 2 rings (SSSR count). The predicted molar refractivity (Wildman–Crippen MR) is 64.4 cm³/mol. The van der Waals surface area contributed by atoms with Gasteiger partial charge in [-0.25, -0.2) is 14.5 Å². The fourth-order valence-corrected chi connectivity index (χ4v) is 1.64. The summed E-state index contributed by atoms with van der Waals surface area (Å²) in [5.41, 5.74) is 0.665. The maximum atomic E-state index is 11.0. The highest BCUT2D eigenvalue weighted by atomic mass is 16.6. The van der Waals surface area contributed by atoms with Crippen molar-refractivity contribution in [1.82, 2.24) is 14.8 Å². The number of rotatable bonds is 3. The lowest BCUT2D eigenvalue weighted by Gasteiger charge is -2.02.